The van der Waals surface area contributed by atoms with Crippen molar-refractivity contribution in [2.45, 2.75) is 13.8 Å². The molecule has 5 nitrogen and oxygen atoms in total. The predicted molar refractivity (Wildman–Crippen MR) is 77.6 cm³/mol. The second kappa shape index (κ2) is 8.99. The van der Waals surface area contributed by atoms with E-state index in [-0.39, 0.29) is 12.0 Å². The van der Waals surface area contributed by atoms with E-state index in [1.54, 1.807) is 31.4 Å². The number of hydrogen-bond donors (Lipinski definition) is 0. The Morgan fingerprint density at radius 2 is 1.60 bits per heavy atom. The first-order valence-electron chi connectivity index (χ1n) is 6.70. The Morgan fingerprint density at radius 1 is 1.00 bits per heavy atom. The summed E-state index contributed by atoms with van der Waals surface area (Å²) in [6.07, 6.45) is 0. The van der Waals surface area contributed by atoms with Crippen molar-refractivity contribution in [2.24, 2.45) is 0 Å². The van der Waals surface area contributed by atoms with Gasteiger partial charge in [-0.25, -0.2) is 0 Å². The van der Waals surface area contributed by atoms with Crippen LogP contribution in [0.25, 0.3) is 0 Å². The summed E-state index contributed by atoms with van der Waals surface area (Å²) >= 11 is 0. The molecule has 0 aliphatic rings. The first kappa shape index (κ1) is 17.0. The minimum Gasteiger partial charge on any atom is -0.382 e. The Morgan fingerprint density at radius 3 is 2.10 bits per heavy atom. The lowest BCUT2D eigenvalue weighted by molar-refractivity contribution is 0.0398. The van der Waals surface area contributed by atoms with Gasteiger partial charge in [0.25, 0.3) is 0 Å². The Kier molecular flexibility index (Phi) is 7.64. The van der Waals surface area contributed by atoms with Crippen LogP contribution < -0.4 is 0 Å². The molecule has 6 heteroatoms. The van der Waals surface area contributed by atoms with Crippen molar-refractivity contribution in [3.05, 3.63) is 35.9 Å². The molecule has 0 heterocycles. The quantitative estimate of drug-likeness (QED) is 0.489. The van der Waals surface area contributed by atoms with Crippen molar-refractivity contribution in [1.82, 2.24) is 0 Å². The molecule has 1 aromatic carbocycles. The van der Waals surface area contributed by atoms with Crippen LogP contribution in [-0.4, -0.2) is 47.7 Å². The molecule has 20 heavy (non-hydrogen) atoms. The zero-order valence-electron chi connectivity index (χ0n) is 12.3. The predicted octanol–water partition coefficient (Wildman–Crippen LogP) is 2.08. The van der Waals surface area contributed by atoms with E-state index < -0.39 is 8.80 Å². The van der Waals surface area contributed by atoms with Crippen LogP contribution in [0.15, 0.2) is 30.3 Å². The molecular formula is C14H22O5Si. The Hall–Kier alpha value is -1.05. The Bertz CT molecular complexity index is 390. The fourth-order valence-electron chi connectivity index (χ4n) is 1.73. The Balaban J connectivity index is 2.96. The average Bonchev–Trinajstić information content (AvgIpc) is 2.48. The van der Waals surface area contributed by atoms with Crippen LogP contribution >= 0.6 is 0 Å². The van der Waals surface area contributed by atoms with Crippen LogP contribution in [0.1, 0.15) is 24.2 Å². The second-order valence-electron chi connectivity index (χ2n) is 3.96. The molecule has 1 aromatic rings. The molecule has 0 aromatic heterocycles. The van der Waals surface area contributed by atoms with Crippen molar-refractivity contribution in [2.75, 3.05) is 33.5 Å². The fraction of sp³-hybridized carbons (Fsp3) is 0.500. The Labute approximate surface area is 121 Å². The van der Waals surface area contributed by atoms with E-state index >= 15 is 0 Å². The highest BCUT2D eigenvalue weighted by Crippen LogP contribution is 2.17. The van der Waals surface area contributed by atoms with E-state index in [1.165, 1.54) is 0 Å². The highest BCUT2D eigenvalue weighted by Gasteiger charge is 2.50. The molecule has 1 rings (SSSR count). The van der Waals surface area contributed by atoms with Gasteiger partial charge in [-0.15, -0.1) is 0 Å². The van der Waals surface area contributed by atoms with Crippen LogP contribution in [0.2, 0.25) is 0 Å². The van der Waals surface area contributed by atoms with Crippen LogP contribution in [0.4, 0.5) is 0 Å². The van der Waals surface area contributed by atoms with Gasteiger partial charge in [-0.1, -0.05) is 30.3 Å². The van der Waals surface area contributed by atoms with Gasteiger partial charge in [0.05, 0.1) is 13.2 Å². The zero-order valence-corrected chi connectivity index (χ0v) is 13.3. The van der Waals surface area contributed by atoms with Crippen LogP contribution in [-0.2, 0) is 18.0 Å². The third-order valence-electron chi connectivity index (χ3n) is 2.56. The number of ether oxygens (including phenoxy) is 1. The standard InChI is InChI=1S/C14H22O5Si/c1-4-17-20(18-5-2,19-12-11-16-3)14(15)13-9-7-6-8-10-13/h6-10H,4-5,11-12H2,1-3H3. The maximum atomic E-state index is 12.7. The van der Waals surface area contributed by atoms with Gasteiger partial charge in [-0.2, -0.15) is 0 Å². The average molecular weight is 298 g/mol. The maximum Gasteiger partial charge on any atom is 0.580 e. The van der Waals surface area contributed by atoms with Gasteiger partial charge in [-0.3, -0.25) is 4.79 Å². The monoisotopic (exact) mass is 298 g/mol. The highest BCUT2D eigenvalue weighted by molar-refractivity contribution is 6.94. The maximum absolute atomic E-state index is 12.7. The van der Waals surface area contributed by atoms with Gasteiger partial charge >= 0.3 is 8.80 Å². The van der Waals surface area contributed by atoms with Crippen molar-refractivity contribution in [3.63, 3.8) is 0 Å². The number of carbonyl (C=O) groups excluding carboxylic acids is 1. The second-order valence-corrected chi connectivity index (χ2v) is 6.39. The first-order chi connectivity index (χ1) is 9.70. The third-order valence-corrected chi connectivity index (χ3v) is 5.33. The summed E-state index contributed by atoms with van der Waals surface area (Å²) in [6.45, 7) is 5.01. The summed E-state index contributed by atoms with van der Waals surface area (Å²) in [6, 6.07) is 8.94. The number of hydrogen-bond acceptors (Lipinski definition) is 5. The topological polar surface area (TPSA) is 54.0 Å². The van der Waals surface area contributed by atoms with Gasteiger partial charge in [0.2, 0.25) is 5.41 Å². The smallest absolute Gasteiger partial charge is 0.382 e. The van der Waals surface area contributed by atoms with Gasteiger partial charge in [0.1, 0.15) is 0 Å². The van der Waals surface area contributed by atoms with Gasteiger partial charge in [0, 0.05) is 25.9 Å². The molecule has 0 aliphatic carbocycles. The summed E-state index contributed by atoms with van der Waals surface area (Å²) < 4.78 is 21.9. The van der Waals surface area contributed by atoms with E-state index in [0.717, 1.165) is 0 Å². The minimum absolute atomic E-state index is 0.210. The van der Waals surface area contributed by atoms with E-state index in [9.17, 15) is 4.79 Å². The summed E-state index contributed by atoms with van der Waals surface area (Å²) in [5.41, 5.74) is 0.540. The van der Waals surface area contributed by atoms with E-state index in [2.05, 4.69) is 0 Å². The molecule has 0 bridgehead atoms. The number of carbonyl (C=O) groups is 1. The molecule has 0 fully saturated rings. The van der Waals surface area contributed by atoms with Crippen LogP contribution in [0, 0.1) is 0 Å². The number of benzene rings is 1. The summed E-state index contributed by atoms with van der Waals surface area (Å²) in [5, 5.41) is -0.210. The molecule has 112 valence electrons. The summed E-state index contributed by atoms with van der Waals surface area (Å²) in [7, 11) is -1.82. The van der Waals surface area contributed by atoms with Crippen molar-refractivity contribution >= 4 is 14.2 Å². The zero-order chi connectivity index (χ0) is 14.8. The van der Waals surface area contributed by atoms with Gasteiger partial charge in [-0.05, 0) is 13.8 Å². The first-order valence-corrected chi connectivity index (χ1v) is 8.43. The van der Waals surface area contributed by atoms with E-state index in [4.69, 9.17) is 18.0 Å². The minimum atomic E-state index is -3.40. The van der Waals surface area contributed by atoms with Gasteiger partial charge in [0.15, 0.2) is 0 Å². The normalized spacial score (nSPS) is 11.6. The van der Waals surface area contributed by atoms with E-state index in [0.29, 0.717) is 25.4 Å². The fourth-order valence-corrected chi connectivity index (χ4v) is 4.00. The lowest BCUT2D eigenvalue weighted by Crippen LogP contribution is -2.54. The lowest BCUT2D eigenvalue weighted by atomic mass is 10.2. The highest BCUT2D eigenvalue weighted by atomic mass is 28.4. The van der Waals surface area contributed by atoms with Crippen molar-refractivity contribution in [1.29, 1.82) is 0 Å². The molecular weight excluding hydrogens is 276 g/mol. The number of methoxy groups -OCH3 is 1. The largest absolute Gasteiger partial charge is 0.580 e. The molecule has 0 radical (unpaired) electrons. The molecule has 0 atom stereocenters. The molecule has 0 unspecified atom stereocenters. The molecule has 0 N–H and O–H groups in total. The molecule has 0 aliphatic heterocycles. The number of rotatable bonds is 10. The summed E-state index contributed by atoms with van der Waals surface area (Å²) in [4.78, 5) is 12.7. The third kappa shape index (κ3) is 4.50. The SMILES string of the molecule is CCO[Si](OCC)(OCCOC)C(=O)c1ccccc1. The molecule has 0 amide bonds. The van der Waals surface area contributed by atoms with Crippen molar-refractivity contribution in [3.8, 4) is 0 Å². The lowest BCUT2D eigenvalue weighted by Gasteiger charge is -2.27. The molecule has 0 spiro atoms. The van der Waals surface area contributed by atoms with Crippen LogP contribution in [0.5, 0.6) is 0 Å². The summed E-state index contributed by atoms with van der Waals surface area (Å²) in [5.74, 6) is 0. The van der Waals surface area contributed by atoms with E-state index in [1.807, 2.05) is 19.9 Å². The van der Waals surface area contributed by atoms with Crippen LogP contribution in [0.3, 0.4) is 0 Å². The van der Waals surface area contributed by atoms with Crippen molar-refractivity contribution < 1.29 is 22.8 Å². The van der Waals surface area contributed by atoms with Gasteiger partial charge < -0.3 is 18.0 Å². The molecule has 0 saturated heterocycles. The molecule has 0 saturated carbocycles.